The normalized spacial score (nSPS) is 19.5. The van der Waals surface area contributed by atoms with Crippen molar-refractivity contribution in [2.75, 3.05) is 25.9 Å². The van der Waals surface area contributed by atoms with Crippen molar-refractivity contribution in [2.24, 2.45) is 0 Å². The lowest BCUT2D eigenvalue weighted by molar-refractivity contribution is 0.0761. The van der Waals surface area contributed by atoms with E-state index in [0.717, 1.165) is 6.26 Å². The predicted molar refractivity (Wildman–Crippen MR) is 89.8 cm³/mol. The van der Waals surface area contributed by atoms with Crippen LogP contribution in [0.1, 0.15) is 46.0 Å². The molecule has 2 aromatic rings. The van der Waals surface area contributed by atoms with Crippen molar-refractivity contribution in [2.45, 2.75) is 33.2 Å². The number of amides is 1. The minimum atomic E-state index is -3.52. The van der Waals surface area contributed by atoms with Crippen molar-refractivity contribution in [3.8, 4) is 0 Å². The van der Waals surface area contributed by atoms with E-state index < -0.39 is 16.1 Å². The van der Waals surface area contributed by atoms with Gasteiger partial charge < -0.3 is 13.9 Å². The molecular weight excluding hydrogens is 362 g/mol. The quantitative estimate of drug-likeness (QED) is 0.764. The summed E-state index contributed by atoms with van der Waals surface area (Å²) in [7, 11) is -3.52. The molecule has 0 spiro atoms. The summed E-state index contributed by atoms with van der Waals surface area (Å²) in [6, 6.07) is -0.603. The van der Waals surface area contributed by atoms with Gasteiger partial charge in [-0.2, -0.15) is 9.29 Å². The van der Waals surface area contributed by atoms with Gasteiger partial charge in [0.2, 0.25) is 15.9 Å². The molecule has 0 aliphatic carbocycles. The average molecular weight is 383 g/mol. The van der Waals surface area contributed by atoms with E-state index >= 15 is 0 Å². The average Bonchev–Trinajstić information content (AvgIpc) is 3.03. The van der Waals surface area contributed by atoms with Gasteiger partial charge in [0.05, 0.1) is 11.9 Å². The summed E-state index contributed by atoms with van der Waals surface area (Å²) in [5.41, 5.74) is 0.934. The molecule has 0 saturated carbocycles. The zero-order valence-electron chi connectivity index (χ0n) is 15.1. The van der Waals surface area contributed by atoms with Crippen molar-refractivity contribution in [3.05, 3.63) is 28.7 Å². The van der Waals surface area contributed by atoms with Gasteiger partial charge in [-0.25, -0.2) is 8.42 Å². The fraction of sp³-hybridized carbons (Fsp3) is 0.600. The third kappa shape index (κ3) is 3.49. The van der Waals surface area contributed by atoms with E-state index in [2.05, 4.69) is 15.3 Å². The topological polar surface area (TPSA) is 123 Å². The van der Waals surface area contributed by atoms with Gasteiger partial charge in [-0.3, -0.25) is 4.79 Å². The number of aryl methyl sites for hydroxylation is 3. The molecule has 1 aliphatic heterocycles. The SMILES string of the molecule is Cc1noc(C2CCN(C(=O)c3c(C)noc3C)CCN2S(C)(=O)=O)n1. The van der Waals surface area contributed by atoms with Crippen molar-refractivity contribution >= 4 is 15.9 Å². The van der Waals surface area contributed by atoms with E-state index in [1.54, 1.807) is 25.7 Å². The maximum Gasteiger partial charge on any atom is 0.259 e. The van der Waals surface area contributed by atoms with Crippen LogP contribution in [0.5, 0.6) is 0 Å². The molecule has 1 amide bonds. The Kier molecular flexibility index (Phi) is 4.84. The van der Waals surface area contributed by atoms with Gasteiger partial charge in [0.15, 0.2) is 5.82 Å². The summed E-state index contributed by atoms with van der Waals surface area (Å²) >= 11 is 0. The number of nitrogens with zero attached hydrogens (tertiary/aromatic N) is 5. The maximum absolute atomic E-state index is 12.9. The number of aromatic nitrogens is 3. The molecule has 1 saturated heterocycles. The molecule has 26 heavy (non-hydrogen) atoms. The standard InChI is InChI=1S/C15H21N5O5S/c1-9-13(10(2)24-17-9)15(21)19-6-5-12(14-16-11(3)18-25-14)20(8-7-19)26(4,22)23/h12H,5-8H2,1-4H3. The summed E-state index contributed by atoms with van der Waals surface area (Å²) in [6.45, 7) is 5.79. The highest BCUT2D eigenvalue weighted by Crippen LogP contribution is 2.29. The molecule has 0 bridgehead atoms. The van der Waals surface area contributed by atoms with Gasteiger partial charge in [0, 0.05) is 19.6 Å². The summed E-state index contributed by atoms with van der Waals surface area (Å²) in [4.78, 5) is 18.6. The Balaban J connectivity index is 1.88. The van der Waals surface area contributed by atoms with E-state index in [-0.39, 0.29) is 24.9 Å². The smallest absolute Gasteiger partial charge is 0.259 e. The monoisotopic (exact) mass is 383 g/mol. The van der Waals surface area contributed by atoms with Gasteiger partial charge in [-0.15, -0.1) is 0 Å². The third-order valence-corrected chi connectivity index (χ3v) is 5.69. The van der Waals surface area contributed by atoms with Gasteiger partial charge >= 0.3 is 0 Å². The van der Waals surface area contributed by atoms with E-state index in [0.29, 0.717) is 35.8 Å². The fourth-order valence-corrected chi connectivity index (χ4v) is 4.22. The lowest BCUT2D eigenvalue weighted by Gasteiger charge is -2.24. The van der Waals surface area contributed by atoms with Gasteiger partial charge in [0.25, 0.3) is 5.91 Å². The lowest BCUT2D eigenvalue weighted by Crippen LogP contribution is -2.38. The first-order valence-electron chi connectivity index (χ1n) is 8.17. The van der Waals surface area contributed by atoms with E-state index in [1.165, 1.54) is 4.31 Å². The van der Waals surface area contributed by atoms with Crippen LogP contribution >= 0.6 is 0 Å². The first-order chi connectivity index (χ1) is 12.2. The largest absolute Gasteiger partial charge is 0.361 e. The van der Waals surface area contributed by atoms with Crippen LogP contribution in [0, 0.1) is 20.8 Å². The van der Waals surface area contributed by atoms with Crippen LogP contribution in [-0.2, 0) is 10.0 Å². The van der Waals surface area contributed by atoms with Gasteiger partial charge in [0.1, 0.15) is 17.4 Å². The minimum absolute atomic E-state index is 0.139. The van der Waals surface area contributed by atoms with E-state index in [4.69, 9.17) is 9.05 Å². The molecule has 3 heterocycles. The first-order valence-corrected chi connectivity index (χ1v) is 10.0. The van der Waals surface area contributed by atoms with Gasteiger partial charge in [-0.05, 0) is 27.2 Å². The maximum atomic E-state index is 12.9. The van der Waals surface area contributed by atoms with Crippen LogP contribution in [0.25, 0.3) is 0 Å². The minimum Gasteiger partial charge on any atom is -0.361 e. The Morgan fingerprint density at radius 3 is 2.38 bits per heavy atom. The molecule has 1 fully saturated rings. The van der Waals surface area contributed by atoms with E-state index in [9.17, 15) is 13.2 Å². The Morgan fingerprint density at radius 2 is 1.85 bits per heavy atom. The number of hydrogen-bond donors (Lipinski definition) is 0. The molecule has 0 radical (unpaired) electrons. The van der Waals surface area contributed by atoms with Crippen molar-refractivity contribution in [1.82, 2.24) is 24.5 Å². The molecule has 0 N–H and O–H groups in total. The van der Waals surface area contributed by atoms with E-state index in [1.807, 2.05) is 0 Å². The van der Waals surface area contributed by atoms with Gasteiger partial charge in [-0.1, -0.05) is 10.3 Å². The first kappa shape index (κ1) is 18.5. The molecular formula is C15H21N5O5S. The van der Waals surface area contributed by atoms with Crippen molar-refractivity contribution in [3.63, 3.8) is 0 Å². The van der Waals surface area contributed by atoms with Crippen LogP contribution in [0.3, 0.4) is 0 Å². The summed E-state index contributed by atoms with van der Waals surface area (Å²) in [6.07, 6.45) is 1.48. The molecule has 1 unspecified atom stereocenters. The highest BCUT2D eigenvalue weighted by atomic mass is 32.2. The Morgan fingerprint density at radius 1 is 1.12 bits per heavy atom. The molecule has 10 nitrogen and oxygen atoms in total. The zero-order chi connectivity index (χ0) is 19.1. The number of sulfonamides is 1. The Bertz CT molecular complexity index is 899. The number of hydrogen-bond acceptors (Lipinski definition) is 8. The third-order valence-electron chi connectivity index (χ3n) is 4.40. The highest BCUT2D eigenvalue weighted by molar-refractivity contribution is 7.88. The van der Waals surface area contributed by atoms with Crippen LogP contribution < -0.4 is 0 Å². The zero-order valence-corrected chi connectivity index (χ0v) is 15.9. The van der Waals surface area contributed by atoms with Crippen LogP contribution in [0.2, 0.25) is 0 Å². The van der Waals surface area contributed by atoms with Crippen molar-refractivity contribution < 1.29 is 22.3 Å². The Hall–Kier alpha value is -2.27. The molecule has 1 aliphatic rings. The predicted octanol–water partition coefficient (Wildman–Crippen LogP) is 0.832. The number of carbonyl (C=O) groups excluding carboxylic acids is 1. The summed E-state index contributed by atoms with van der Waals surface area (Å²) in [5, 5.41) is 7.56. The number of rotatable bonds is 3. The highest BCUT2D eigenvalue weighted by Gasteiger charge is 2.36. The Labute approximate surface area is 151 Å². The van der Waals surface area contributed by atoms with Crippen molar-refractivity contribution in [1.29, 1.82) is 0 Å². The molecule has 3 rings (SSSR count). The molecule has 142 valence electrons. The molecule has 0 aromatic carbocycles. The second kappa shape index (κ2) is 6.80. The molecule has 2 aromatic heterocycles. The van der Waals surface area contributed by atoms with Crippen LogP contribution in [-0.4, -0.2) is 64.7 Å². The summed E-state index contributed by atoms with van der Waals surface area (Å²) in [5.74, 6) is 0.888. The lowest BCUT2D eigenvalue weighted by atomic mass is 10.1. The second-order valence-electron chi connectivity index (χ2n) is 6.35. The van der Waals surface area contributed by atoms with Crippen LogP contribution in [0.15, 0.2) is 9.05 Å². The molecule has 1 atom stereocenters. The summed E-state index contributed by atoms with van der Waals surface area (Å²) < 4.78 is 36.1. The number of carbonyl (C=O) groups is 1. The van der Waals surface area contributed by atoms with Crippen LogP contribution in [0.4, 0.5) is 0 Å². The second-order valence-corrected chi connectivity index (χ2v) is 8.28. The molecule has 11 heteroatoms. The fourth-order valence-electron chi connectivity index (χ4n) is 3.15.